The molecule has 13 heteroatoms. The number of nitrogens with zero attached hydrogens (tertiary/aromatic N) is 3. The maximum Gasteiger partial charge on any atom is 0.317 e. The molecule has 6 atom stereocenters. The molecule has 0 radical (unpaired) electrons. The molecule has 2 amide bonds. The standard InChI is InChI=1S/C42H56N4O9/c1-5-20-43-41(49)45(4)38-27-36(44-54-28-29-14-16-31(17-15-29)46(50)51)34-25-30(12-8-10-21-47)33(13-9-11-22-48)39-35-26-32(52-23-6-2)18-19-37(35)55-42(38,40(34)39)53-24-7-3/h6-7,14-19,25-26,30,33,38-40,47-48H,2-3,5,8-13,20-24,27-28H2,1,4H3,(H,43,49). The minimum atomic E-state index is -1.36. The number of non-ortho nitro benzene ring substituents is 1. The summed E-state index contributed by atoms with van der Waals surface area (Å²) < 4.78 is 20.1. The lowest BCUT2D eigenvalue weighted by molar-refractivity contribution is -0.384. The highest BCUT2D eigenvalue weighted by Crippen LogP contribution is 2.61. The Kier molecular flexibility index (Phi) is 14.9. The fourth-order valence-electron chi connectivity index (χ4n) is 8.37. The third kappa shape index (κ3) is 9.40. The summed E-state index contributed by atoms with van der Waals surface area (Å²) >= 11 is 0. The van der Waals surface area contributed by atoms with Gasteiger partial charge in [0.1, 0.15) is 30.8 Å². The number of nitrogens with one attached hydrogen (secondary N) is 1. The normalized spacial score (nSPS) is 24.4. The zero-order chi connectivity index (χ0) is 39.4. The number of allylic oxidation sites excluding steroid dienone is 1. The summed E-state index contributed by atoms with van der Waals surface area (Å²) in [6, 6.07) is 11.0. The molecular weight excluding hydrogens is 704 g/mol. The van der Waals surface area contributed by atoms with E-state index in [1.165, 1.54) is 12.1 Å². The van der Waals surface area contributed by atoms with Crippen LogP contribution in [0.3, 0.4) is 0 Å². The first-order chi connectivity index (χ1) is 26.7. The first-order valence-electron chi connectivity index (χ1n) is 19.4. The van der Waals surface area contributed by atoms with Crippen LogP contribution in [-0.2, 0) is 16.2 Å². The lowest BCUT2D eigenvalue weighted by Gasteiger charge is -2.59. The molecule has 1 saturated carbocycles. The number of fused-ring (bicyclic) bond motifs is 2. The van der Waals surface area contributed by atoms with Crippen molar-refractivity contribution < 1.29 is 39.0 Å². The number of benzene rings is 2. The summed E-state index contributed by atoms with van der Waals surface area (Å²) in [4.78, 5) is 32.3. The van der Waals surface area contributed by atoms with E-state index < -0.39 is 22.7 Å². The predicted molar refractivity (Wildman–Crippen MR) is 210 cm³/mol. The van der Waals surface area contributed by atoms with Crippen molar-refractivity contribution in [2.45, 2.75) is 82.6 Å². The number of hydrogen-bond donors (Lipinski definition) is 3. The Morgan fingerprint density at radius 3 is 2.49 bits per heavy atom. The topological polar surface area (TPSA) is 165 Å². The molecule has 2 aliphatic carbocycles. The lowest BCUT2D eigenvalue weighted by atomic mass is 9.55. The van der Waals surface area contributed by atoms with Crippen molar-refractivity contribution in [1.29, 1.82) is 0 Å². The van der Waals surface area contributed by atoms with Crippen molar-refractivity contribution >= 4 is 17.4 Å². The molecular formula is C42H56N4O9. The second-order valence-corrected chi connectivity index (χ2v) is 14.4. The van der Waals surface area contributed by atoms with E-state index >= 15 is 0 Å². The molecule has 3 N–H and O–H groups in total. The number of aliphatic hydroxyl groups is 2. The third-order valence-corrected chi connectivity index (χ3v) is 10.9. The number of nitro benzene ring substituents is 1. The van der Waals surface area contributed by atoms with Crippen LogP contribution in [0.15, 0.2) is 84.6 Å². The minimum Gasteiger partial charge on any atom is -0.490 e. The Bertz CT molecular complexity index is 1700. The van der Waals surface area contributed by atoms with Crippen molar-refractivity contribution in [1.82, 2.24) is 10.2 Å². The van der Waals surface area contributed by atoms with Crippen LogP contribution < -0.4 is 14.8 Å². The predicted octanol–water partition coefficient (Wildman–Crippen LogP) is 7.04. The number of aliphatic hydroxyl groups excluding tert-OH is 2. The molecule has 5 rings (SSSR count). The SMILES string of the molecule is C=CCOc1ccc2c(c1)C1C(CCCCO)C(CCCCO)C=C3C(=NOCc4ccc([N+](=O)[O-])cc4)CC(N(C)C(=O)NCCC)C(OCC=C)(O2)C31. The average molecular weight is 761 g/mol. The number of nitro groups is 1. The van der Waals surface area contributed by atoms with Gasteiger partial charge < -0.3 is 39.5 Å². The van der Waals surface area contributed by atoms with Crippen molar-refractivity contribution in [2.75, 3.05) is 40.0 Å². The summed E-state index contributed by atoms with van der Waals surface area (Å²) in [5.41, 5.74) is 3.22. The van der Waals surface area contributed by atoms with Crippen LogP contribution >= 0.6 is 0 Å². The van der Waals surface area contributed by atoms with E-state index in [4.69, 9.17) is 24.2 Å². The van der Waals surface area contributed by atoms with E-state index in [0.29, 0.717) is 48.8 Å². The highest BCUT2D eigenvalue weighted by molar-refractivity contribution is 6.03. The molecule has 1 aliphatic heterocycles. The van der Waals surface area contributed by atoms with E-state index in [0.717, 1.165) is 43.2 Å². The van der Waals surface area contributed by atoms with Gasteiger partial charge in [-0.2, -0.15) is 0 Å². The summed E-state index contributed by atoms with van der Waals surface area (Å²) in [5.74, 6) is -0.540. The van der Waals surface area contributed by atoms with Crippen LogP contribution in [0.5, 0.6) is 11.5 Å². The first-order valence-corrected chi connectivity index (χ1v) is 19.4. The maximum atomic E-state index is 13.8. The van der Waals surface area contributed by atoms with Gasteiger partial charge in [-0.05, 0) is 85.4 Å². The molecule has 0 bridgehead atoms. The number of hydrogen-bond acceptors (Lipinski definition) is 10. The summed E-state index contributed by atoms with van der Waals surface area (Å²) in [6.45, 7) is 11.0. The molecule has 6 unspecified atom stereocenters. The number of amides is 2. The van der Waals surface area contributed by atoms with E-state index in [9.17, 15) is 25.1 Å². The van der Waals surface area contributed by atoms with Gasteiger partial charge >= 0.3 is 6.03 Å². The average Bonchev–Trinajstić information content (AvgIpc) is 3.19. The molecule has 0 aromatic heterocycles. The van der Waals surface area contributed by atoms with Gasteiger partial charge in [0.2, 0.25) is 5.79 Å². The molecule has 2 aromatic rings. The summed E-state index contributed by atoms with van der Waals surface area (Å²) in [7, 11) is 1.75. The highest BCUT2D eigenvalue weighted by Gasteiger charge is 2.65. The molecule has 298 valence electrons. The summed E-state index contributed by atoms with van der Waals surface area (Å²) in [5, 5.41) is 38.6. The highest BCUT2D eigenvalue weighted by atomic mass is 16.7. The maximum absolute atomic E-state index is 13.8. The van der Waals surface area contributed by atoms with Gasteiger partial charge in [-0.1, -0.05) is 49.7 Å². The van der Waals surface area contributed by atoms with Crippen LogP contribution in [-0.4, -0.2) is 83.6 Å². The van der Waals surface area contributed by atoms with Crippen molar-refractivity contribution in [3.63, 3.8) is 0 Å². The van der Waals surface area contributed by atoms with Gasteiger partial charge in [-0.25, -0.2) is 4.79 Å². The van der Waals surface area contributed by atoms with Gasteiger partial charge in [0, 0.05) is 56.8 Å². The molecule has 13 nitrogen and oxygen atoms in total. The second kappa shape index (κ2) is 19.7. The molecule has 1 fully saturated rings. The van der Waals surface area contributed by atoms with Gasteiger partial charge in [0.15, 0.2) is 0 Å². The Hall–Kier alpha value is -4.72. The van der Waals surface area contributed by atoms with E-state index in [-0.39, 0.29) is 62.3 Å². The van der Waals surface area contributed by atoms with Crippen molar-refractivity contribution in [3.05, 3.63) is 101 Å². The fraction of sp³-hybridized carbons (Fsp3) is 0.524. The Balaban J connectivity index is 1.71. The van der Waals surface area contributed by atoms with E-state index in [2.05, 4.69) is 24.6 Å². The molecule has 2 aromatic carbocycles. The van der Waals surface area contributed by atoms with Crippen LogP contribution in [0, 0.1) is 27.9 Å². The van der Waals surface area contributed by atoms with E-state index in [1.807, 2.05) is 25.1 Å². The zero-order valence-corrected chi connectivity index (χ0v) is 32.1. The molecule has 0 saturated heterocycles. The number of unbranched alkanes of at least 4 members (excludes halogenated alkanes) is 2. The van der Waals surface area contributed by atoms with Gasteiger partial charge in [-0.15, -0.1) is 6.58 Å². The first kappa shape index (κ1) is 41.4. The largest absolute Gasteiger partial charge is 0.490 e. The quantitative estimate of drug-likeness (QED) is 0.0524. The lowest BCUT2D eigenvalue weighted by Crippen LogP contribution is -2.70. The van der Waals surface area contributed by atoms with Crippen LogP contribution in [0.1, 0.15) is 75.3 Å². The van der Waals surface area contributed by atoms with Gasteiger partial charge in [0.25, 0.3) is 5.69 Å². The summed E-state index contributed by atoms with van der Waals surface area (Å²) in [6.07, 6.45) is 11.2. The number of likely N-dealkylation sites (N-methyl/N-ethyl adjacent to an activating group) is 1. The van der Waals surface area contributed by atoms with Crippen molar-refractivity contribution in [3.8, 4) is 11.5 Å². The van der Waals surface area contributed by atoms with Gasteiger partial charge in [-0.3, -0.25) is 10.1 Å². The number of oxime groups is 1. The number of ether oxygens (including phenoxy) is 3. The fourth-order valence-corrected chi connectivity index (χ4v) is 8.37. The monoisotopic (exact) mass is 760 g/mol. The van der Waals surface area contributed by atoms with Crippen LogP contribution in [0.25, 0.3) is 0 Å². The minimum absolute atomic E-state index is 0.0137. The number of urea groups is 1. The van der Waals surface area contributed by atoms with Crippen molar-refractivity contribution in [2.24, 2.45) is 22.9 Å². The molecule has 55 heavy (non-hydrogen) atoms. The van der Waals surface area contributed by atoms with Gasteiger partial charge in [0.05, 0.1) is 23.2 Å². The van der Waals surface area contributed by atoms with Crippen LogP contribution in [0.4, 0.5) is 10.5 Å². The Morgan fingerprint density at radius 2 is 1.82 bits per heavy atom. The number of rotatable bonds is 21. The molecule has 0 spiro atoms. The second-order valence-electron chi connectivity index (χ2n) is 14.4. The van der Waals surface area contributed by atoms with Crippen LogP contribution in [0.2, 0.25) is 0 Å². The smallest absolute Gasteiger partial charge is 0.317 e. The zero-order valence-electron chi connectivity index (χ0n) is 32.1. The molecule has 1 heterocycles. The third-order valence-electron chi connectivity index (χ3n) is 10.9. The Morgan fingerprint density at radius 1 is 1.09 bits per heavy atom. The number of carbonyl (C=O) groups is 1. The molecule has 3 aliphatic rings. The Labute approximate surface area is 323 Å². The number of carbonyl (C=O) groups excluding carboxylic acids is 1. The van der Waals surface area contributed by atoms with E-state index in [1.54, 1.807) is 36.2 Å².